The van der Waals surface area contributed by atoms with E-state index in [0.29, 0.717) is 5.56 Å². The molecule has 0 saturated carbocycles. The molecular weight excluding hydrogens is 332 g/mol. The van der Waals surface area contributed by atoms with E-state index >= 15 is 0 Å². The Balaban J connectivity index is 1.83. The molecule has 0 bridgehead atoms. The Hall–Kier alpha value is -1.70. The molecular formula is C16H18N2O3S2. The smallest absolute Gasteiger partial charge is 0.254 e. The van der Waals surface area contributed by atoms with Crippen molar-refractivity contribution in [2.75, 3.05) is 13.6 Å². The van der Waals surface area contributed by atoms with Gasteiger partial charge in [0.25, 0.3) is 5.91 Å². The maximum Gasteiger partial charge on any atom is 0.254 e. The van der Waals surface area contributed by atoms with Gasteiger partial charge in [0.1, 0.15) is 0 Å². The van der Waals surface area contributed by atoms with E-state index in [1.54, 1.807) is 23.5 Å². The number of carbonyl (C=O) groups excluding carboxylic acids is 1. The number of sulfonamides is 1. The molecule has 5 nitrogen and oxygen atoms in total. The summed E-state index contributed by atoms with van der Waals surface area (Å²) in [6.07, 6.45) is 1.96. The Kier molecular flexibility index (Phi) is 4.52. The zero-order valence-electron chi connectivity index (χ0n) is 12.7. The van der Waals surface area contributed by atoms with E-state index in [0.717, 1.165) is 19.4 Å². The van der Waals surface area contributed by atoms with Crippen molar-refractivity contribution in [3.8, 4) is 0 Å². The van der Waals surface area contributed by atoms with Gasteiger partial charge in [0, 0.05) is 17.0 Å². The minimum atomic E-state index is -3.48. The largest absolute Gasteiger partial charge is 0.331 e. The molecule has 1 N–H and O–H groups in total. The molecule has 1 saturated heterocycles. The van der Waals surface area contributed by atoms with Crippen LogP contribution in [0.15, 0.2) is 46.7 Å². The van der Waals surface area contributed by atoms with Gasteiger partial charge in [-0.05, 0) is 55.6 Å². The van der Waals surface area contributed by atoms with Gasteiger partial charge in [0.05, 0.1) is 10.9 Å². The van der Waals surface area contributed by atoms with Crippen molar-refractivity contribution < 1.29 is 13.2 Å². The number of thiophene rings is 1. The van der Waals surface area contributed by atoms with Crippen LogP contribution in [0.3, 0.4) is 0 Å². The fourth-order valence-corrected chi connectivity index (χ4v) is 4.45. The molecule has 7 heteroatoms. The lowest BCUT2D eigenvalue weighted by Crippen LogP contribution is -2.30. The van der Waals surface area contributed by atoms with Gasteiger partial charge in [-0.15, -0.1) is 11.3 Å². The van der Waals surface area contributed by atoms with Gasteiger partial charge in [-0.1, -0.05) is 6.07 Å². The minimum Gasteiger partial charge on any atom is -0.331 e. The van der Waals surface area contributed by atoms with Crippen molar-refractivity contribution >= 4 is 27.3 Å². The zero-order valence-corrected chi connectivity index (χ0v) is 14.4. The van der Waals surface area contributed by atoms with Crippen LogP contribution in [0.4, 0.5) is 0 Å². The molecule has 1 aromatic carbocycles. The SMILES string of the molecule is CNS(=O)(=O)c1ccc(C(=O)N2CCCC2c2cccs2)cc1. The highest BCUT2D eigenvalue weighted by molar-refractivity contribution is 7.89. The van der Waals surface area contributed by atoms with Crippen molar-refractivity contribution in [2.45, 2.75) is 23.8 Å². The van der Waals surface area contributed by atoms with Crippen LogP contribution >= 0.6 is 11.3 Å². The molecule has 122 valence electrons. The van der Waals surface area contributed by atoms with E-state index in [-0.39, 0.29) is 16.8 Å². The van der Waals surface area contributed by atoms with Gasteiger partial charge in [-0.25, -0.2) is 13.1 Å². The summed E-state index contributed by atoms with van der Waals surface area (Å²) in [5, 5.41) is 2.02. The van der Waals surface area contributed by atoms with Gasteiger partial charge in [-0.2, -0.15) is 0 Å². The molecule has 0 aliphatic carbocycles. The van der Waals surface area contributed by atoms with Crippen LogP contribution in [0.5, 0.6) is 0 Å². The van der Waals surface area contributed by atoms with Gasteiger partial charge >= 0.3 is 0 Å². The Morgan fingerprint density at radius 3 is 2.61 bits per heavy atom. The van der Waals surface area contributed by atoms with E-state index in [9.17, 15) is 13.2 Å². The first-order chi connectivity index (χ1) is 11.0. The average Bonchev–Trinajstić information content (AvgIpc) is 3.25. The summed E-state index contributed by atoms with van der Waals surface area (Å²) < 4.78 is 25.7. The summed E-state index contributed by atoms with van der Waals surface area (Å²) in [6, 6.07) is 10.3. The molecule has 1 amide bonds. The third-order valence-electron chi connectivity index (χ3n) is 4.07. The predicted octanol–water partition coefficient (Wildman–Crippen LogP) is 2.63. The van der Waals surface area contributed by atoms with Crippen molar-refractivity contribution in [3.05, 3.63) is 52.2 Å². The highest BCUT2D eigenvalue weighted by Gasteiger charge is 2.31. The summed E-state index contributed by atoms with van der Waals surface area (Å²) in [4.78, 5) is 16.0. The normalized spacial score (nSPS) is 18.3. The Bertz CT molecular complexity index is 783. The van der Waals surface area contributed by atoms with Gasteiger partial charge in [0.2, 0.25) is 10.0 Å². The van der Waals surface area contributed by atoms with Crippen LogP contribution < -0.4 is 4.72 Å². The van der Waals surface area contributed by atoms with Gasteiger partial charge in [0.15, 0.2) is 0 Å². The third kappa shape index (κ3) is 3.17. The Morgan fingerprint density at radius 1 is 1.26 bits per heavy atom. The van der Waals surface area contributed by atoms with Crippen molar-refractivity contribution in [2.24, 2.45) is 0 Å². The minimum absolute atomic E-state index is 0.0469. The van der Waals surface area contributed by atoms with E-state index in [2.05, 4.69) is 10.8 Å². The summed E-state index contributed by atoms with van der Waals surface area (Å²) >= 11 is 1.66. The molecule has 0 spiro atoms. The molecule has 1 fully saturated rings. The van der Waals surface area contributed by atoms with E-state index in [4.69, 9.17) is 0 Å². The Morgan fingerprint density at radius 2 is 2.00 bits per heavy atom. The molecule has 1 aliphatic rings. The van der Waals surface area contributed by atoms with Crippen LogP contribution in [-0.2, 0) is 10.0 Å². The molecule has 23 heavy (non-hydrogen) atoms. The lowest BCUT2D eigenvalue weighted by molar-refractivity contribution is 0.0738. The number of nitrogens with zero attached hydrogens (tertiary/aromatic N) is 1. The molecule has 1 unspecified atom stereocenters. The summed E-state index contributed by atoms with van der Waals surface area (Å²) in [5.74, 6) is -0.0469. The summed E-state index contributed by atoms with van der Waals surface area (Å²) in [5.41, 5.74) is 0.517. The number of hydrogen-bond acceptors (Lipinski definition) is 4. The van der Waals surface area contributed by atoms with Crippen molar-refractivity contribution in [1.82, 2.24) is 9.62 Å². The third-order valence-corrected chi connectivity index (χ3v) is 6.47. The number of hydrogen-bond donors (Lipinski definition) is 1. The highest BCUT2D eigenvalue weighted by atomic mass is 32.2. The lowest BCUT2D eigenvalue weighted by atomic mass is 10.1. The van der Waals surface area contributed by atoms with Crippen molar-refractivity contribution in [1.29, 1.82) is 0 Å². The molecule has 2 aromatic rings. The number of carbonyl (C=O) groups is 1. The standard InChI is InChI=1S/C16H18N2O3S2/c1-17-23(20,21)13-8-6-12(7-9-13)16(19)18-10-2-4-14(18)15-5-3-11-22-15/h3,5-9,11,14,17H,2,4,10H2,1H3. The number of amides is 1. The lowest BCUT2D eigenvalue weighted by Gasteiger charge is -2.24. The molecule has 1 aliphatic heterocycles. The second-order valence-corrected chi connectivity index (χ2v) is 8.27. The number of benzene rings is 1. The second kappa shape index (κ2) is 6.43. The molecule has 1 atom stereocenters. The van der Waals surface area contributed by atoms with Crippen LogP contribution in [-0.4, -0.2) is 32.8 Å². The monoisotopic (exact) mass is 350 g/mol. The first-order valence-electron chi connectivity index (χ1n) is 7.41. The van der Waals surface area contributed by atoms with Crippen LogP contribution in [0, 0.1) is 0 Å². The first kappa shape index (κ1) is 16.2. The topological polar surface area (TPSA) is 66.5 Å². The van der Waals surface area contributed by atoms with Crippen LogP contribution in [0.1, 0.15) is 34.1 Å². The van der Waals surface area contributed by atoms with Crippen LogP contribution in [0.25, 0.3) is 0 Å². The fraction of sp³-hybridized carbons (Fsp3) is 0.312. The van der Waals surface area contributed by atoms with E-state index in [1.807, 2.05) is 16.3 Å². The predicted molar refractivity (Wildman–Crippen MR) is 90.0 cm³/mol. The summed E-state index contributed by atoms with van der Waals surface area (Å²) in [7, 11) is -2.11. The molecule has 0 radical (unpaired) electrons. The second-order valence-electron chi connectivity index (χ2n) is 5.40. The molecule has 3 rings (SSSR count). The molecule has 2 heterocycles. The fourth-order valence-electron chi connectivity index (χ4n) is 2.85. The van der Waals surface area contributed by atoms with Crippen molar-refractivity contribution in [3.63, 3.8) is 0 Å². The van der Waals surface area contributed by atoms with Gasteiger partial charge < -0.3 is 4.90 Å². The first-order valence-corrected chi connectivity index (χ1v) is 9.77. The van der Waals surface area contributed by atoms with Gasteiger partial charge in [-0.3, -0.25) is 4.79 Å². The number of nitrogens with one attached hydrogen (secondary N) is 1. The van der Waals surface area contributed by atoms with E-state index < -0.39 is 10.0 Å². The molecule has 1 aromatic heterocycles. The van der Waals surface area contributed by atoms with Crippen LogP contribution in [0.2, 0.25) is 0 Å². The summed E-state index contributed by atoms with van der Waals surface area (Å²) in [6.45, 7) is 0.734. The highest BCUT2D eigenvalue weighted by Crippen LogP contribution is 2.35. The Labute approximate surface area is 140 Å². The van der Waals surface area contributed by atoms with E-state index in [1.165, 1.54) is 24.1 Å². The maximum absolute atomic E-state index is 12.7. The maximum atomic E-state index is 12.7. The zero-order chi connectivity index (χ0) is 16.4. The number of rotatable bonds is 4. The quantitative estimate of drug-likeness (QED) is 0.922. The average molecular weight is 350 g/mol. The number of likely N-dealkylation sites (tertiary alicyclic amines) is 1.